The number of rotatable bonds is 43. The van der Waals surface area contributed by atoms with Gasteiger partial charge in [0, 0.05) is 12.8 Å². The standard InChI is InChI=1S/C47H90N2O5/c1-3-5-7-9-11-13-14-15-16-17-18-19-20-21-22-23-25-27-29-35-41-46(51)54-43(37-32-28-26-24-12-10-8-6-4-2)38-33-30-31-34-40-45(50)49-44(47(52)53)39-36-42-48/h32,37,43-44H,3-31,33-36,38-42,48H2,1-2H3,(H,49,50)(H,52,53)/b37-32-. The number of carbonyl (C=O) groups is 3. The highest BCUT2D eigenvalue weighted by Gasteiger charge is 2.19. The van der Waals surface area contributed by atoms with Crippen LogP contribution in [-0.4, -0.2) is 41.6 Å². The van der Waals surface area contributed by atoms with Crippen molar-refractivity contribution in [1.29, 1.82) is 0 Å². The van der Waals surface area contributed by atoms with Crippen molar-refractivity contribution in [3.63, 3.8) is 0 Å². The summed E-state index contributed by atoms with van der Waals surface area (Å²) in [5.41, 5.74) is 5.49. The van der Waals surface area contributed by atoms with E-state index in [2.05, 4.69) is 31.3 Å². The van der Waals surface area contributed by atoms with Gasteiger partial charge in [-0.2, -0.15) is 0 Å². The van der Waals surface area contributed by atoms with Crippen LogP contribution in [0, 0.1) is 0 Å². The number of hydrogen-bond donors (Lipinski definition) is 3. The molecule has 0 spiro atoms. The molecule has 0 aromatic carbocycles. The predicted octanol–water partition coefficient (Wildman–Crippen LogP) is 13.5. The second-order valence-corrected chi connectivity index (χ2v) is 16.2. The molecule has 0 aliphatic heterocycles. The number of amides is 1. The highest BCUT2D eigenvalue weighted by Crippen LogP contribution is 2.17. The van der Waals surface area contributed by atoms with E-state index in [0.717, 1.165) is 44.9 Å². The topological polar surface area (TPSA) is 119 Å². The highest BCUT2D eigenvalue weighted by molar-refractivity contribution is 5.83. The number of nitrogens with one attached hydrogen (secondary N) is 1. The van der Waals surface area contributed by atoms with E-state index in [1.54, 1.807) is 0 Å². The van der Waals surface area contributed by atoms with Crippen molar-refractivity contribution in [2.75, 3.05) is 6.54 Å². The van der Waals surface area contributed by atoms with E-state index < -0.39 is 12.0 Å². The lowest BCUT2D eigenvalue weighted by Gasteiger charge is -2.15. The summed E-state index contributed by atoms with van der Waals surface area (Å²) in [5.74, 6) is -1.31. The summed E-state index contributed by atoms with van der Waals surface area (Å²) in [4.78, 5) is 36.4. The van der Waals surface area contributed by atoms with E-state index in [9.17, 15) is 19.5 Å². The lowest BCUT2D eigenvalue weighted by atomic mass is 10.0. The second-order valence-electron chi connectivity index (χ2n) is 16.2. The number of esters is 1. The molecular weight excluding hydrogens is 673 g/mol. The van der Waals surface area contributed by atoms with Crippen molar-refractivity contribution < 1.29 is 24.2 Å². The first-order valence-corrected chi connectivity index (χ1v) is 23.5. The number of carbonyl (C=O) groups excluding carboxylic acids is 2. The van der Waals surface area contributed by atoms with Gasteiger partial charge in [-0.1, -0.05) is 193 Å². The van der Waals surface area contributed by atoms with Gasteiger partial charge in [-0.15, -0.1) is 0 Å². The summed E-state index contributed by atoms with van der Waals surface area (Å²) >= 11 is 0. The van der Waals surface area contributed by atoms with E-state index >= 15 is 0 Å². The Balaban J connectivity index is 4.15. The third-order valence-electron chi connectivity index (χ3n) is 10.8. The zero-order valence-corrected chi connectivity index (χ0v) is 35.8. The summed E-state index contributed by atoms with van der Waals surface area (Å²) in [6.07, 6.45) is 47.1. The van der Waals surface area contributed by atoms with E-state index in [1.807, 2.05) is 0 Å². The maximum absolute atomic E-state index is 12.8. The van der Waals surface area contributed by atoms with Crippen LogP contribution in [0.4, 0.5) is 0 Å². The molecule has 0 aromatic rings. The molecular formula is C47H90N2O5. The normalized spacial score (nSPS) is 12.6. The predicted molar refractivity (Wildman–Crippen MR) is 230 cm³/mol. The van der Waals surface area contributed by atoms with E-state index in [0.29, 0.717) is 38.6 Å². The van der Waals surface area contributed by atoms with Crippen LogP contribution in [0.5, 0.6) is 0 Å². The maximum Gasteiger partial charge on any atom is 0.326 e. The fourth-order valence-electron chi connectivity index (χ4n) is 7.24. The molecule has 0 aliphatic rings. The first-order chi connectivity index (χ1) is 26.4. The van der Waals surface area contributed by atoms with Crippen LogP contribution in [0.1, 0.15) is 251 Å². The molecule has 54 heavy (non-hydrogen) atoms. The molecule has 7 nitrogen and oxygen atoms in total. The van der Waals surface area contributed by atoms with Crippen LogP contribution in [0.15, 0.2) is 12.2 Å². The Bertz CT molecular complexity index is 863. The third-order valence-corrected chi connectivity index (χ3v) is 10.8. The molecule has 2 atom stereocenters. The number of carboxylic acid groups (broad SMARTS) is 1. The Morgan fingerprint density at radius 3 is 1.39 bits per heavy atom. The van der Waals surface area contributed by atoms with Crippen molar-refractivity contribution in [2.24, 2.45) is 5.73 Å². The number of allylic oxidation sites excluding steroid dienone is 1. The summed E-state index contributed by atoms with van der Waals surface area (Å²) in [6.45, 7) is 4.94. The van der Waals surface area contributed by atoms with Gasteiger partial charge in [-0.25, -0.2) is 4.79 Å². The van der Waals surface area contributed by atoms with Crippen molar-refractivity contribution >= 4 is 17.8 Å². The smallest absolute Gasteiger partial charge is 0.326 e. The fourth-order valence-corrected chi connectivity index (χ4v) is 7.24. The largest absolute Gasteiger partial charge is 0.480 e. The number of aliphatic carboxylic acids is 1. The first-order valence-electron chi connectivity index (χ1n) is 23.5. The first kappa shape index (κ1) is 52.1. The van der Waals surface area contributed by atoms with Crippen molar-refractivity contribution in [3.05, 3.63) is 12.2 Å². The number of unbranched alkanes of at least 4 members (excludes halogenated alkanes) is 29. The van der Waals surface area contributed by atoms with Crippen molar-refractivity contribution in [2.45, 2.75) is 264 Å². The van der Waals surface area contributed by atoms with Crippen LogP contribution in [0.2, 0.25) is 0 Å². The van der Waals surface area contributed by atoms with Crippen LogP contribution >= 0.6 is 0 Å². The molecule has 0 rings (SSSR count). The summed E-state index contributed by atoms with van der Waals surface area (Å²) in [6, 6.07) is -0.868. The highest BCUT2D eigenvalue weighted by atomic mass is 16.5. The van der Waals surface area contributed by atoms with Gasteiger partial charge in [0.1, 0.15) is 12.1 Å². The molecule has 0 radical (unpaired) electrons. The quantitative estimate of drug-likeness (QED) is 0.0323. The number of ether oxygens (including phenoxy) is 1. The lowest BCUT2D eigenvalue weighted by molar-refractivity contribution is -0.147. The molecule has 0 aliphatic carbocycles. The average molecular weight is 763 g/mol. The minimum Gasteiger partial charge on any atom is -0.480 e. The van der Waals surface area contributed by atoms with Gasteiger partial charge in [0.15, 0.2) is 0 Å². The third kappa shape index (κ3) is 38.4. The van der Waals surface area contributed by atoms with Crippen molar-refractivity contribution in [1.82, 2.24) is 5.32 Å². The molecule has 0 bridgehead atoms. The lowest BCUT2D eigenvalue weighted by Crippen LogP contribution is -2.40. The summed E-state index contributed by atoms with van der Waals surface area (Å²) in [7, 11) is 0. The van der Waals surface area contributed by atoms with Crippen molar-refractivity contribution in [3.8, 4) is 0 Å². The van der Waals surface area contributed by atoms with E-state index in [4.69, 9.17) is 10.5 Å². The molecule has 0 heterocycles. The number of carboxylic acids is 1. The summed E-state index contributed by atoms with van der Waals surface area (Å²) in [5, 5.41) is 11.9. The molecule has 0 saturated heterocycles. The Hall–Kier alpha value is -1.89. The molecule has 0 saturated carbocycles. The van der Waals surface area contributed by atoms with Gasteiger partial charge < -0.3 is 20.9 Å². The zero-order valence-electron chi connectivity index (χ0n) is 35.8. The molecule has 1 amide bonds. The van der Waals surface area contributed by atoms with Crippen LogP contribution in [0.25, 0.3) is 0 Å². The maximum atomic E-state index is 12.8. The van der Waals surface area contributed by atoms with Gasteiger partial charge in [0.25, 0.3) is 0 Å². The van der Waals surface area contributed by atoms with Crippen LogP contribution < -0.4 is 11.1 Å². The molecule has 0 aromatic heterocycles. The summed E-state index contributed by atoms with van der Waals surface area (Å²) < 4.78 is 5.95. The monoisotopic (exact) mass is 763 g/mol. The van der Waals surface area contributed by atoms with Gasteiger partial charge in [0.05, 0.1) is 0 Å². The number of hydrogen-bond acceptors (Lipinski definition) is 5. The number of nitrogens with two attached hydrogens (primary N) is 1. The average Bonchev–Trinajstić information content (AvgIpc) is 3.16. The van der Waals surface area contributed by atoms with Crippen LogP contribution in [0.3, 0.4) is 0 Å². The van der Waals surface area contributed by atoms with Crippen LogP contribution in [-0.2, 0) is 19.1 Å². The Morgan fingerprint density at radius 1 is 0.537 bits per heavy atom. The second kappa shape index (κ2) is 42.3. The van der Waals surface area contributed by atoms with Gasteiger partial charge in [-0.3, -0.25) is 9.59 Å². The SMILES string of the molecule is CCCCCCCCC/C=C\C(CCCCCCC(=O)NC(CCCN)C(=O)O)OC(=O)CCCCCCCCCCCCCCCCCCCCCC. The fraction of sp³-hybridized carbons (Fsp3) is 0.894. The van der Waals surface area contributed by atoms with E-state index in [1.165, 1.54) is 161 Å². The molecule has 0 fully saturated rings. The van der Waals surface area contributed by atoms with Gasteiger partial charge >= 0.3 is 11.9 Å². The zero-order chi connectivity index (χ0) is 39.6. The molecule has 4 N–H and O–H groups in total. The molecule has 2 unspecified atom stereocenters. The molecule has 318 valence electrons. The Kier molecular flexibility index (Phi) is 40.8. The Morgan fingerprint density at radius 2 is 0.944 bits per heavy atom. The van der Waals surface area contributed by atoms with Gasteiger partial charge in [0.2, 0.25) is 5.91 Å². The van der Waals surface area contributed by atoms with Gasteiger partial charge in [-0.05, 0) is 64.0 Å². The van der Waals surface area contributed by atoms with E-state index in [-0.39, 0.29) is 18.0 Å². The minimum absolute atomic E-state index is 0.0812. The molecule has 7 heteroatoms. The minimum atomic E-state index is -1.01. The Labute approximate surface area is 334 Å².